The van der Waals surface area contributed by atoms with Crippen LogP contribution < -0.4 is 5.32 Å². The second-order valence-electron chi connectivity index (χ2n) is 11.7. The Hall–Kier alpha value is -2.74. The van der Waals surface area contributed by atoms with Crippen LogP contribution in [0.4, 0.5) is 11.4 Å². The van der Waals surface area contributed by atoms with E-state index in [1.165, 1.54) is 131 Å². The lowest BCUT2D eigenvalue weighted by Crippen LogP contribution is -1.99. The van der Waals surface area contributed by atoms with E-state index in [9.17, 15) is 5.11 Å². The van der Waals surface area contributed by atoms with Crippen molar-refractivity contribution in [3.05, 3.63) is 77.4 Å². The molecule has 2 N–H and O–H groups in total. The fourth-order valence-corrected chi connectivity index (χ4v) is 6.24. The molecule has 210 valence electrons. The number of phenolic OH excluding ortho intramolecular Hbond substituents is 1. The van der Waals surface area contributed by atoms with E-state index >= 15 is 0 Å². The van der Waals surface area contributed by atoms with Crippen LogP contribution in [-0.4, -0.2) is 5.11 Å². The quantitative estimate of drug-likeness (QED) is 0.0942. The van der Waals surface area contributed by atoms with Crippen LogP contribution in [0.3, 0.4) is 0 Å². The number of aryl methyl sites for hydroxylation is 1. The average molecular weight is 526 g/mol. The fraction of sp³-hybridized carbons (Fsp3) is 0.514. The molecule has 4 rings (SSSR count). The molecule has 0 atom stereocenters. The van der Waals surface area contributed by atoms with Crippen LogP contribution >= 0.6 is 0 Å². The van der Waals surface area contributed by atoms with Crippen LogP contribution in [0.1, 0.15) is 126 Å². The van der Waals surface area contributed by atoms with Crippen molar-refractivity contribution >= 4 is 11.4 Å². The maximum atomic E-state index is 10.3. The average Bonchev–Trinajstić information content (AvgIpc) is 3.35. The zero-order valence-electron chi connectivity index (χ0n) is 24.4. The lowest BCUT2D eigenvalue weighted by molar-refractivity contribution is 0.478. The number of aromatic hydroxyl groups is 1. The van der Waals surface area contributed by atoms with Crippen molar-refractivity contribution in [3.8, 4) is 16.9 Å². The topological polar surface area (TPSA) is 32.3 Å². The van der Waals surface area contributed by atoms with E-state index in [2.05, 4.69) is 48.6 Å². The fourth-order valence-electron chi connectivity index (χ4n) is 6.24. The molecule has 0 aromatic heterocycles. The van der Waals surface area contributed by atoms with Gasteiger partial charge >= 0.3 is 0 Å². The van der Waals surface area contributed by atoms with Crippen LogP contribution in [0.2, 0.25) is 0 Å². The van der Waals surface area contributed by atoms with Gasteiger partial charge < -0.3 is 10.4 Å². The highest BCUT2D eigenvalue weighted by atomic mass is 16.3. The second-order valence-corrected chi connectivity index (χ2v) is 11.7. The number of rotatable bonds is 19. The predicted octanol–water partition coefficient (Wildman–Crippen LogP) is 11.5. The summed E-state index contributed by atoms with van der Waals surface area (Å²) in [6.07, 6.45) is 24.6. The summed E-state index contributed by atoms with van der Waals surface area (Å²) in [4.78, 5) is 0. The highest BCUT2D eigenvalue weighted by Crippen LogP contribution is 2.44. The Morgan fingerprint density at radius 3 is 1.79 bits per heavy atom. The second kappa shape index (κ2) is 16.4. The van der Waals surface area contributed by atoms with Gasteiger partial charge in [-0.2, -0.15) is 0 Å². The van der Waals surface area contributed by atoms with E-state index in [0.717, 1.165) is 24.2 Å². The van der Waals surface area contributed by atoms with Crippen molar-refractivity contribution in [2.45, 2.75) is 122 Å². The van der Waals surface area contributed by atoms with Gasteiger partial charge in [-0.15, -0.1) is 0 Å². The zero-order chi connectivity index (χ0) is 27.1. The molecule has 1 aliphatic carbocycles. The predicted molar refractivity (Wildman–Crippen MR) is 169 cm³/mol. The Labute approximate surface area is 238 Å². The minimum absolute atomic E-state index is 0.291. The van der Waals surface area contributed by atoms with Crippen molar-refractivity contribution in [1.82, 2.24) is 0 Å². The van der Waals surface area contributed by atoms with Gasteiger partial charge in [0.2, 0.25) is 0 Å². The van der Waals surface area contributed by atoms with E-state index in [4.69, 9.17) is 0 Å². The van der Waals surface area contributed by atoms with E-state index in [0.29, 0.717) is 5.75 Å². The Kier molecular flexibility index (Phi) is 12.3. The summed E-state index contributed by atoms with van der Waals surface area (Å²) in [5, 5.41) is 13.8. The molecule has 1 aliphatic rings. The number of phenols is 1. The summed E-state index contributed by atoms with van der Waals surface area (Å²) in [6.45, 7) is 2.30. The maximum absolute atomic E-state index is 10.3. The highest BCUT2D eigenvalue weighted by Gasteiger charge is 2.24. The van der Waals surface area contributed by atoms with Crippen LogP contribution in [0.25, 0.3) is 11.1 Å². The van der Waals surface area contributed by atoms with Crippen LogP contribution in [-0.2, 0) is 12.8 Å². The third kappa shape index (κ3) is 8.88. The number of nitrogens with one attached hydrogen (secondary N) is 1. The summed E-state index contributed by atoms with van der Waals surface area (Å²) in [5.41, 5.74) is 8.94. The Balaban J connectivity index is 1.17. The number of anilines is 2. The van der Waals surface area contributed by atoms with Crippen molar-refractivity contribution in [2.24, 2.45) is 0 Å². The molecule has 2 heteroatoms. The molecule has 2 nitrogen and oxygen atoms in total. The summed E-state index contributed by atoms with van der Waals surface area (Å²) < 4.78 is 0. The number of hydrogen-bond acceptors (Lipinski definition) is 2. The van der Waals surface area contributed by atoms with Gasteiger partial charge in [0, 0.05) is 12.1 Å². The first-order valence-corrected chi connectivity index (χ1v) is 16.1. The molecule has 0 saturated carbocycles. The van der Waals surface area contributed by atoms with Gasteiger partial charge in [0.15, 0.2) is 0 Å². The maximum Gasteiger partial charge on any atom is 0.139 e. The first kappa shape index (κ1) is 29.2. The van der Waals surface area contributed by atoms with E-state index in [1.54, 1.807) is 6.07 Å². The molecule has 0 unspecified atom stereocenters. The van der Waals surface area contributed by atoms with Crippen molar-refractivity contribution in [1.29, 1.82) is 0 Å². The minimum atomic E-state index is 0.291. The highest BCUT2D eigenvalue weighted by molar-refractivity contribution is 5.86. The van der Waals surface area contributed by atoms with Crippen LogP contribution in [0.15, 0.2) is 60.7 Å². The van der Waals surface area contributed by atoms with E-state index in [-0.39, 0.29) is 0 Å². The lowest BCUT2D eigenvalue weighted by Gasteiger charge is -2.16. The van der Waals surface area contributed by atoms with Gasteiger partial charge in [0.25, 0.3) is 0 Å². The molecule has 0 fully saturated rings. The SMILES string of the molecule is CCCCCCCCCCCCCCCCCCc1ccc(Nc2ccccc2O)c2c1-c1ccccc1C2. The van der Waals surface area contributed by atoms with E-state index < -0.39 is 0 Å². The van der Waals surface area contributed by atoms with Crippen molar-refractivity contribution < 1.29 is 5.11 Å². The molecule has 0 amide bonds. The number of unbranched alkanes of at least 4 members (excludes halogenated alkanes) is 15. The zero-order valence-corrected chi connectivity index (χ0v) is 24.4. The number of fused-ring (bicyclic) bond motifs is 3. The molecule has 0 bridgehead atoms. The summed E-state index contributed by atoms with van der Waals surface area (Å²) in [7, 11) is 0. The molecule has 0 heterocycles. The molecule has 0 radical (unpaired) electrons. The smallest absolute Gasteiger partial charge is 0.139 e. The van der Waals surface area contributed by atoms with Gasteiger partial charge in [-0.1, -0.05) is 146 Å². The molecular weight excluding hydrogens is 474 g/mol. The number of para-hydroxylation sites is 2. The first-order valence-electron chi connectivity index (χ1n) is 16.1. The lowest BCUT2D eigenvalue weighted by atomic mass is 9.94. The normalized spacial score (nSPS) is 11.9. The van der Waals surface area contributed by atoms with Gasteiger partial charge in [0.05, 0.1) is 5.69 Å². The van der Waals surface area contributed by atoms with Crippen molar-refractivity contribution in [2.75, 3.05) is 5.32 Å². The summed E-state index contributed by atoms with van der Waals surface area (Å²) in [5.74, 6) is 0.291. The Morgan fingerprint density at radius 1 is 0.590 bits per heavy atom. The third-order valence-electron chi connectivity index (χ3n) is 8.53. The number of hydrogen-bond donors (Lipinski definition) is 2. The van der Waals surface area contributed by atoms with Gasteiger partial charge in [0.1, 0.15) is 5.75 Å². The third-order valence-corrected chi connectivity index (χ3v) is 8.53. The molecule has 3 aromatic carbocycles. The largest absolute Gasteiger partial charge is 0.506 e. The summed E-state index contributed by atoms with van der Waals surface area (Å²) in [6, 6.07) is 20.9. The molecule has 0 aliphatic heterocycles. The molecule has 0 saturated heterocycles. The van der Waals surface area contributed by atoms with Gasteiger partial charge in [-0.25, -0.2) is 0 Å². The van der Waals surface area contributed by atoms with Crippen LogP contribution in [0.5, 0.6) is 5.75 Å². The summed E-state index contributed by atoms with van der Waals surface area (Å²) >= 11 is 0. The minimum Gasteiger partial charge on any atom is -0.506 e. The molecule has 39 heavy (non-hydrogen) atoms. The van der Waals surface area contributed by atoms with E-state index in [1.807, 2.05) is 18.2 Å². The van der Waals surface area contributed by atoms with Gasteiger partial charge in [-0.05, 0) is 58.9 Å². The first-order chi connectivity index (χ1) is 19.3. The standard InChI is InChI=1S/C37H51NO/c1-2-3-4-5-6-7-8-9-10-11-12-13-14-15-16-17-22-30-27-28-34(38-35-25-20-21-26-36(35)39)33-29-31-23-18-19-24-32(31)37(30)33/h18-21,23-28,38-39H,2-17,22,29H2,1H3. The molecule has 0 spiro atoms. The van der Waals surface area contributed by atoms with Crippen molar-refractivity contribution in [3.63, 3.8) is 0 Å². The van der Waals surface area contributed by atoms with Crippen LogP contribution in [0, 0.1) is 0 Å². The monoisotopic (exact) mass is 525 g/mol. The van der Waals surface area contributed by atoms with Gasteiger partial charge in [-0.3, -0.25) is 0 Å². The molecule has 3 aromatic rings. The molecular formula is C37H51NO. The Morgan fingerprint density at radius 2 is 1.15 bits per heavy atom. The Bertz CT molecular complexity index is 1130. The number of benzene rings is 3.